The maximum absolute atomic E-state index is 12.2. The van der Waals surface area contributed by atoms with Crippen LogP contribution in [0.1, 0.15) is 95.3 Å². The van der Waals surface area contributed by atoms with Gasteiger partial charge in [-0.25, -0.2) is 9.97 Å². The molecule has 0 bridgehead atoms. The van der Waals surface area contributed by atoms with E-state index in [9.17, 15) is 9.90 Å². The Morgan fingerprint density at radius 1 is 0.768 bits per heavy atom. The summed E-state index contributed by atoms with van der Waals surface area (Å²) in [5, 5.41) is 15.5. The number of pyridine rings is 1. The first kappa shape index (κ1) is 42.4. The van der Waals surface area contributed by atoms with Gasteiger partial charge in [0.1, 0.15) is 11.6 Å². The molecule has 1 radical (unpaired) electrons. The molecule has 0 fully saturated rings. The number of carbonyl (C=O) groups excluding carboxylic acids is 1. The SMILES string of the molecule is CCC(C)(CC)C(=O)/C=C(\O)C(C)(CC)CC.Cc1cc(C)c2c(ccc3c(-c4[c-]ccc5c4oc4nc(-c6c(C)cccc6C)ccc45)nc(C)nc32)c1.[Ir]. The van der Waals surface area contributed by atoms with Crippen LogP contribution >= 0.6 is 0 Å². The second kappa shape index (κ2) is 16.8. The minimum atomic E-state index is -0.337. The molecule has 0 aliphatic carbocycles. The van der Waals surface area contributed by atoms with Crippen LogP contribution in [-0.4, -0.2) is 25.8 Å². The molecule has 6 nitrogen and oxygen atoms in total. The summed E-state index contributed by atoms with van der Waals surface area (Å²) >= 11 is 0. The number of benzene rings is 4. The number of allylic oxidation sites excluding steroid dienone is 2. The summed E-state index contributed by atoms with van der Waals surface area (Å²) in [6, 6.07) is 26.7. The van der Waals surface area contributed by atoms with Gasteiger partial charge in [-0.05, 0) is 99.9 Å². The van der Waals surface area contributed by atoms with Crippen molar-refractivity contribution >= 4 is 49.5 Å². The van der Waals surface area contributed by atoms with Gasteiger partial charge in [-0.1, -0.05) is 101 Å². The number of aliphatic hydroxyl groups excluding tert-OH is 1. The summed E-state index contributed by atoms with van der Waals surface area (Å²) in [6.45, 7) is 22.5. The van der Waals surface area contributed by atoms with E-state index in [1.54, 1.807) is 0 Å². The first-order chi connectivity index (χ1) is 26.2. The van der Waals surface area contributed by atoms with Crippen molar-refractivity contribution in [2.75, 3.05) is 0 Å². The van der Waals surface area contributed by atoms with Crippen LogP contribution in [0.25, 0.3) is 66.3 Å². The van der Waals surface area contributed by atoms with Crippen molar-refractivity contribution in [3.05, 3.63) is 113 Å². The molecule has 7 heteroatoms. The Labute approximate surface area is 345 Å². The Kier molecular flexibility index (Phi) is 12.7. The van der Waals surface area contributed by atoms with Crippen LogP contribution < -0.4 is 0 Å². The van der Waals surface area contributed by atoms with Crippen molar-refractivity contribution in [2.45, 2.75) is 102 Å². The molecule has 0 unspecified atom stereocenters. The van der Waals surface area contributed by atoms with Crippen LogP contribution in [0.2, 0.25) is 0 Å². The van der Waals surface area contributed by atoms with Gasteiger partial charge in [0.05, 0.1) is 16.8 Å². The number of furan rings is 1. The maximum Gasteiger partial charge on any atom is 0.216 e. The fourth-order valence-electron chi connectivity index (χ4n) is 7.59. The van der Waals surface area contributed by atoms with E-state index in [0.717, 1.165) is 86.7 Å². The molecular weight excluding hydrogens is 871 g/mol. The zero-order valence-electron chi connectivity index (χ0n) is 34.7. The number of fused-ring (bicyclic) bond motifs is 6. The molecule has 3 heterocycles. The predicted octanol–water partition coefficient (Wildman–Crippen LogP) is 13.4. The van der Waals surface area contributed by atoms with Gasteiger partial charge in [0.15, 0.2) is 5.78 Å². The quantitative estimate of drug-likeness (QED) is 0.0671. The summed E-state index contributed by atoms with van der Waals surface area (Å²) < 4.78 is 6.49. The van der Waals surface area contributed by atoms with Gasteiger partial charge in [-0.15, -0.1) is 18.2 Å². The number of carbonyl (C=O) groups is 1. The Morgan fingerprint density at radius 3 is 2.05 bits per heavy atom. The fourth-order valence-corrected chi connectivity index (χ4v) is 7.59. The molecule has 0 saturated carbocycles. The fraction of sp³-hybridized carbons (Fsp3) is 0.347. The van der Waals surface area contributed by atoms with Crippen LogP contribution in [0.15, 0.2) is 83.0 Å². The monoisotopic (exact) mass is 925 g/mol. The minimum Gasteiger partial charge on any atom is -0.512 e. The van der Waals surface area contributed by atoms with Crippen molar-refractivity contribution in [2.24, 2.45) is 10.8 Å². The van der Waals surface area contributed by atoms with Gasteiger partial charge in [-0.3, -0.25) is 9.78 Å². The van der Waals surface area contributed by atoms with E-state index >= 15 is 0 Å². The second-order valence-corrected chi connectivity index (χ2v) is 15.7. The summed E-state index contributed by atoms with van der Waals surface area (Å²) in [6.07, 6.45) is 4.75. The molecular formula is C49H54IrN3O3-. The van der Waals surface area contributed by atoms with E-state index in [-0.39, 0.29) is 42.5 Å². The number of aryl methyl sites for hydroxylation is 5. The van der Waals surface area contributed by atoms with Crippen molar-refractivity contribution in [3.63, 3.8) is 0 Å². The van der Waals surface area contributed by atoms with Crippen LogP contribution in [0.5, 0.6) is 0 Å². The number of nitrogens with zero attached hydrogens (tertiary/aromatic N) is 3. The van der Waals surface area contributed by atoms with E-state index in [1.165, 1.54) is 33.7 Å². The van der Waals surface area contributed by atoms with Crippen LogP contribution in [-0.2, 0) is 24.9 Å². The molecule has 0 saturated heterocycles. The van der Waals surface area contributed by atoms with Gasteiger partial charge in [-0.2, -0.15) is 0 Å². The largest absolute Gasteiger partial charge is 0.512 e. The van der Waals surface area contributed by atoms with Crippen LogP contribution in [0.3, 0.4) is 0 Å². The van der Waals surface area contributed by atoms with Gasteiger partial charge in [0.2, 0.25) is 5.71 Å². The third-order valence-electron chi connectivity index (χ3n) is 12.1. The predicted molar refractivity (Wildman–Crippen MR) is 229 cm³/mol. The van der Waals surface area contributed by atoms with E-state index in [2.05, 4.69) is 88.4 Å². The molecule has 0 aliphatic rings. The van der Waals surface area contributed by atoms with E-state index in [1.807, 2.05) is 60.6 Å². The number of hydrogen-bond donors (Lipinski definition) is 1. The van der Waals surface area contributed by atoms with Gasteiger partial charge in [0.25, 0.3) is 0 Å². The average molecular weight is 925 g/mol. The third-order valence-corrected chi connectivity index (χ3v) is 12.1. The zero-order valence-corrected chi connectivity index (χ0v) is 37.1. The van der Waals surface area contributed by atoms with Crippen molar-refractivity contribution in [1.29, 1.82) is 0 Å². The molecule has 0 amide bonds. The molecule has 56 heavy (non-hydrogen) atoms. The van der Waals surface area contributed by atoms with Crippen molar-refractivity contribution < 1.29 is 34.4 Å². The number of aliphatic hydroxyl groups is 1. The zero-order chi connectivity index (χ0) is 39.8. The molecule has 0 spiro atoms. The summed E-state index contributed by atoms with van der Waals surface area (Å²) in [7, 11) is 0. The Bertz CT molecular complexity index is 2590. The van der Waals surface area contributed by atoms with Crippen LogP contribution in [0.4, 0.5) is 0 Å². The number of hydrogen-bond acceptors (Lipinski definition) is 6. The van der Waals surface area contributed by atoms with Crippen molar-refractivity contribution in [1.82, 2.24) is 15.0 Å². The Balaban J connectivity index is 0.000000285. The van der Waals surface area contributed by atoms with Gasteiger partial charge >= 0.3 is 0 Å². The summed E-state index contributed by atoms with van der Waals surface area (Å²) in [4.78, 5) is 27.0. The normalized spacial score (nSPS) is 12.2. The molecule has 4 aromatic carbocycles. The average Bonchev–Trinajstić information content (AvgIpc) is 3.55. The molecule has 7 rings (SSSR count). The Hall–Kier alpha value is -4.71. The molecule has 3 aromatic heterocycles. The van der Waals surface area contributed by atoms with Gasteiger partial charge < -0.3 is 9.52 Å². The minimum absolute atomic E-state index is 0. The van der Waals surface area contributed by atoms with Gasteiger partial charge in [0, 0.05) is 59.0 Å². The van der Waals surface area contributed by atoms with Crippen molar-refractivity contribution in [3.8, 4) is 22.5 Å². The number of aromatic nitrogens is 3. The second-order valence-electron chi connectivity index (χ2n) is 15.7. The molecule has 1 N–H and O–H groups in total. The topological polar surface area (TPSA) is 89.1 Å². The third kappa shape index (κ3) is 7.81. The molecule has 293 valence electrons. The number of rotatable bonds is 9. The summed E-state index contributed by atoms with van der Waals surface area (Å²) in [5.41, 5.74) is 10.3. The maximum atomic E-state index is 12.2. The molecule has 7 aromatic rings. The standard InChI is InChI=1S/C34H26N3O.C15H28O2.Ir/c1-18-16-21(4)30-23(17-18)12-13-26-31(35-22(5)36-32(26)30)27-11-7-10-24-25-14-15-28(37-34(25)38-33(24)27)29-19(2)8-6-9-20(29)3;1-7-14(5,8-2)12(16)11-13(17)15(6,9-3)10-4;/h6-10,12-17H,1-5H3;11,16H,7-10H2,1-6H3;/q-1;;/b;12-11-;. The molecule has 0 aliphatic heterocycles. The van der Waals surface area contributed by atoms with Crippen LogP contribution in [0, 0.1) is 51.5 Å². The van der Waals surface area contributed by atoms with E-state index in [0.29, 0.717) is 5.71 Å². The first-order valence-electron chi connectivity index (χ1n) is 19.6. The summed E-state index contributed by atoms with van der Waals surface area (Å²) in [5.74, 6) is 1.01. The molecule has 0 atom stereocenters. The Morgan fingerprint density at radius 2 is 1.41 bits per heavy atom. The first-order valence-corrected chi connectivity index (χ1v) is 19.6. The van der Waals surface area contributed by atoms with E-state index in [4.69, 9.17) is 19.4 Å². The number of ketones is 1. The smallest absolute Gasteiger partial charge is 0.216 e. The van der Waals surface area contributed by atoms with E-state index < -0.39 is 0 Å².